The molecule has 0 saturated carbocycles. The molecule has 2 aliphatic heterocycles. The number of hydrogen-bond acceptors (Lipinski definition) is 5. The maximum atomic E-state index is 12.4. The summed E-state index contributed by atoms with van der Waals surface area (Å²) in [6.45, 7) is 3.97. The predicted molar refractivity (Wildman–Crippen MR) is 92.6 cm³/mol. The summed E-state index contributed by atoms with van der Waals surface area (Å²) in [4.78, 5) is 22.6. The molecule has 2 aliphatic rings. The lowest BCUT2D eigenvalue weighted by Crippen LogP contribution is -2.44. The van der Waals surface area contributed by atoms with Gasteiger partial charge < -0.3 is 15.0 Å². The number of nitrogens with one attached hydrogen (secondary N) is 1. The molecule has 1 spiro atoms. The molecule has 24 heavy (non-hydrogen) atoms. The number of ether oxygens (including phenoxy) is 1. The molecule has 6 nitrogen and oxygen atoms in total. The summed E-state index contributed by atoms with van der Waals surface area (Å²) in [6.07, 6.45) is 12.3. The Hall–Kier alpha value is -1.95. The highest BCUT2D eigenvalue weighted by Crippen LogP contribution is 2.37. The van der Waals surface area contributed by atoms with Crippen LogP contribution in [0.4, 0.5) is 5.95 Å². The SMILES string of the molecule is O=C(CCCNc1ncccn1)N1CCC2(CC=CCOC2)CC1. The first-order valence-electron chi connectivity index (χ1n) is 8.79. The zero-order valence-corrected chi connectivity index (χ0v) is 14.1. The summed E-state index contributed by atoms with van der Waals surface area (Å²) < 4.78 is 5.69. The standard InChI is InChI=1S/C18H26N4O2/c23-16(5-3-9-19-17-20-10-4-11-21-17)22-12-7-18(8-13-22)6-1-2-14-24-15-18/h1-2,4,10-11H,3,5-9,12-15H2,(H,19,20,21). The average molecular weight is 330 g/mol. The molecular weight excluding hydrogens is 304 g/mol. The minimum absolute atomic E-state index is 0.246. The Morgan fingerprint density at radius 2 is 2.04 bits per heavy atom. The van der Waals surface area contributed by atoms with Gasteiger partial charge in [-0.25, -0.2) is 9.97 Å². The Morgan fingerprint density at radius 3 is 2.83 bits per heavy atom. The van der Waals surface area contributed by atoms with Gasteiger partial charge in [-0.1, -0.05) is 12.2 Å². The van der Waals surface area contributed by atoms with Crippen LogP contribution in [-0.2, 0) is 9.53 Å². The van der Waals surface area contributed by atoms with Crippen molar-refractivity contribution in [2.45, 2.75) is 32.1 Å². The molecule has 0 radical (unpaired) electrons. The van der Waals surface area contributed by atoms with Gasteiger partial charge in [0.1, 0.15) is 0 Å². The molecule has 1 amide bonds. The van der Waals surface area contributed by atoms with Gasteiger partial charge in [0.2, 0.25) is 11.9 Å². The second-order valence-corrected chi connectivity index (χ2v) is 6.67. The lowest BCUT2D eigenvalue weighted by Gasteiger charge is -2.40. The van der Waals surface area contributed by atoms with Gasteiger partial charge in [0.25, 0.3) is 0 Å². The minimum Gasteiger partial charge on any atom is -0.377 e. The first-order chi connectivity index (χ1) is 11.8. The van der Waals surface area contributed by atoms with Gasteiger partial charge >= 0.3 is 0 Å². The van der Waals surface area contributed by atoms with E-state index in [0.29, 0.717) is 18.9 Å². The lowest BCUT2D eigenvalue weighted by molar-refractivity contribution is -0.134. The van der Waals surface area contributed by atoms with E-state index in [9.17, 15) is 4.79 Å². The topological polar surface area (TPSA) is 67.4 Å². The number of carbonyl (C=O) groups excluding carboxylic acids is 1. The van der Waals surface area contributed by atoms with Crippen LogP contribution in [0.1, 0.15) is 32.1 Å². The van der Waals surface area contributed by atoms with E-state index in [2.05, 4.69) is 27.4 Å². The highest BCUT2D eigenvalue weighted by molar-refractivity contribution is 5.76. The molecule has 1 saturated heterocycles. The quantitative estimate of drug-likeness (QED) is 0.662. The molecular formula is C18H26N4O2. The van der Waals surface area contributed by atoms with E-state index in [1.807, 2.05) is 4.90 Å². The maximum Gasteiger partial charge on any atom is 0.222 e. The zero-order valence-electron chi connectivity index (χ0n) is 14.1. The number of amides is 1. The number of allylic oxidation sites excluding steroid dienone is 1. The molecule has 0 aromatic carbocycles. The van der Waals surface area contributed by atoms with Crippen molar-refractivity contribution in [3.8, 4) is 0 Å². The Morgan fingerprint density at radius 1 is 1.25 bits per heavy atom. The molecule has 0 atom stereocenters. The Bertz CT molecular complexity index is 553. The number of aromatic nitrogens is 2. The summed E-state index contributed by atoms with van der Waals surface area (Å²) in [5.41, 5.74) is 0.246. The first kappa shape index (κ1) is 16.9. The monoisotopic (exact) mass is 330 g/mol. The normalized spacial score (nSPS) is 19.9. The molecule has 1 aromatic heterocycles. The Labute approximate surface area is 143 Å². The van der Waals surface area contributed by atoms with Crippen molar-refractivity contribution in [2.75, 3.05) is 38.2 Å². The van der Waals surface area contributed by atoms with E-state index >= 15 is 0 Å². The van der Waals surface area contributed by atoms with E-state index in [1.165, 1.54) is 0 Å². The number of anilines is 1. The van der Waals surface area contributed by atoms with Crippen molar-refractivity contribution in [3.63, 3.8) is 0 Å². The molecule has 1 N–H and O–H groups in total. The van der Waals surface area contributed by atoms with Gasteiger partial charge in [0, 0.05) is 43.9 Å². The number of nitrogens with zero attached hydrogens (tertiary/aromatic N) is 3. The van der Waals surface area contributed by atoms with Crippen LogP contribution in [0, 0.1) is 5.41 Å². The maximum absolute atomic E-state index is 12.4. The smallest absolute Gasteiger partial charge is 0.222 e. The van der Waals surface area contributed by atoms with Gasteiger partial charge in [0.05, 0.1) is 13.2 Å². The highest BCUT2D eigenvalue weighted by atomic mass is 16.5. The van der Waals surface area contributed by atoms with Crippen LogP contribution < -0.4 is 5.32 Å². The van der Waals surface area contributed by atoms with Crippen LogP contribution in [0.15, 0.2) is 30.6 Å². The summed E-state index contributed by atoms with van der Waals surface area (Å²) in [5.74, 6) is 0.872. The van der Waals surface area contributed by atoms with Crippen LogP contribution >= 0.6 is 0 Å². The Kier molecular flexibility index (Phi) is 5.80. The Balaban J connectivity index is 1.37. The lowest BCUT2D eigenvalue weighted by atomic mass is 9.76. The van der Waals surface area contributed by atoms with Crippen molar-refractivity contribution >= 4 is 11.9 Å². The molecule has 6 heteroatoms. The zero-order chi connectivity index (χ0) is 16.7. The van der Waals surface area contributed by atoms with E-state index in [1.54, 1.807) is 18.5 Å². The molecule has 0 aliphatic carbocycles. The minimum atomic E-state index is 0.246. The van der Waals surface area contributed by atoms with Gasteiger partial charge in [-0.3, -0.25) is 4.79 Å². The summed E-state index contributed by atoms with van der Waals surface area (Å²) in [5, 5.41) is 3.14. The highest BCUT2D eigenvalue weighted by Gasteiger charge is 2.35. The van der Waals surface area contributed by atoms with E-state index in [4.69, 9.17) is 4.74 Å². The van der Waals surface area contributed by atoms with Gasteiger partial charge in [-0.05, 0) is 31.7 Å². The van der Waals surface area contributed by atoms with E-state index in [-0.39, 0.29) is 11.3 Å². The second kappa shape index (κ2) is 8.24. The third-order valence-electron chi connectivity index (χ3n) is 4.93. The fourth-order valence-corrected chi connectivity index (χ4v) is 3.37. The molecule has 3 rings (SSSR count). The average Bonchev–Trinajstić information content (AvgIpc) is 2.86. The van der Waals surface area contributed by atoms with Gasteiger partial charge in [-0.15, -0.1) is 0 Å². The number of carbonyl (C=O) groups is 1. The number of rotatable bonds is 5. The number of piperidine rings is 1. The molecule has 1 fully saturated rings. The van der Waals surface area contributed by atoms with Crippen LogP contribution in [0.2, 0.25) is 0 Å². The van der Waals surface area contributed by atoms with Crippen LogP contribution in [0.5, 0.6) is 0 Å². The second-order valence-electron chi connectivity index (χ2n) is 6.67. The molecule has 130 valence electrons. The van der Waals surface area contributed by atoms with Crippen LogP contribution in [-0.4, -0.2) is 53.6 Å². The van der Waals surface area contributed by atoms with E-state index < -0.39 is 0 Å². The van der Waals surface area contributed by atoms with Crippen molar-refractivity contribution < 1.29 is 9.53 Å². The van der Waals surface area contributed by atoms with Crippen LogP contribution in [0.25, 0.3) is 0 Å². The first-order valence-corrected chi connectivity index (χ1v) is 8.79. The predicted octanol–water partition coefficient (Wildman–Crippen LogP) is 2.25. The van der Waals surface area contributed by atoms with Crippen molar-refractivity contribution in [1.82, 2.24) is 14.9 Å². The van der Waals surface area contributed by atoms with E-state index in [0.717, 1.165) is 52.0 Å². The fourth-order valence-electron chi connectivity index (χ4n) is 3.37. The molecule has 0 bridgehead atoms. The molecule has 0 unspecified atom stereocenters. The van der Waals surface area contributed by atoms with Crippen molar-refractivity contribution in [1.29, 1.82) is 0 Å². The third kappa shape index (κ3) is 4.54. The number of likely N-dealkylation sites (tertiary alicyclic amines) is 1. The molecule has 1 aromatic rings. The van der Waals surface area contributed by atoms with Gasteiger partial charge in [0.15, 0.2) is 0 Å². The summed E-state index contributed by atoms with van der Waals surface area (Å²) >= 11 is 0. The largest absolute Gasteiger partial charge is 0.377 e. The fraction of sp³-hybridized carbons (Fsp3) is 0.611. The van der Waals surface area contributed by atoms with Gasteiger partial charge in [-0.2, -0.15) is 0 Å². The van der Waals surface area contributed by atoms with Crippen molar-refractivity contribution in [3.05, 3.63) is 30.6 Å². The van der Waals surface area contributed by atoms with Crippen molar-refractivity contribution in [2.24, 2.45) is 5.41 Å². The third-order valence-corrected chi connectivity index (χ3v) is 4.93. The van der Waals surface area contributed by atoms with Crippen LogP contribution in [0.3, 0.4) is 0 Å². The summed E-state index contributed by atoms with van der Waals surface area (Å²) in [6, 6.07) is 1.78. The molecule has 3 heterocycles. The summed E-state index contributed by atoms with van der Waals surface area (Å²) in [7, 11) is 0. The number of hydrogen-bond donors (Lipinski definition) is 1.